The van der Waals surface area contributed by atoms with Gasteiger partial charge in [-0.1, -0.05) is 389 Å². The molecular formula is C85H166O17P2. The third kappa shape index (κ3) is 78.2. The Morgan fingerprint density at radius 2 is 0.404 bits per heavy atom. The lowest BCUT2D eigenvalue weighted by Crippen LogP contribution is -2.30. The number of esters is 4. The van der Waals surface area contributed by atoms with E-state index in [-0.39, 0.29) is 25.7 Å². The van der Waals surface area contributed by atoms with Gasteiger partial charge < -0.3 is 33.8 Å². The highest BCUT2D eigenvalue weighted by Crippen LogP contribution is 2.45. The molecule has 0 amide bonds. The molecule has 0 aromatic rings. The highest BCUT2D eigenvalue weighted by atomic mass is 31.2. The summed E-state index contributed by atoms with van der Waals surface area (Å²) in [5.41, 5.74) is 0. The standard InChI is InChI=1S/C85H166O17P2/c1-75(2)61-53-45-37-31-25-19-15-11-9-10-12-17-21-29-35-41-51-59-67-84(89)101-80(71-95-82(87)65-57-49-40-34-28-24-23-27-33-39-47-55-63-77(5)6)73-99-103(91,92)97-69-79(86)70-98-104(93,94)100-74-81(72-96-83(88)66-58-50-44-43-48-56-64-78(7)8)102-85(90)68-60-52-42-36-30-22-18-14-13-16-20-26-32-38-46-54-62-76(3)4/h75-81,86H,9-74H2,1-8H3,(H,91,92)(H,93,94)/t79?,80-,81-/m1/s1. The molecule has 0 fully saturated rings. The Balaban J connectivity index is 5.20. The molecule has 0 rings (SSSR count). The summed E-state index contributed by atoms with van der Waals surface area (Å²) in [6.07, 6.45) is 62.7. The van der Waals surface area contributed by atoms with Gasteiger partial charge >= 0.3 is 39.5 Å². The zero-order valence-electron chi connectivity index (χ0n) is 68.7. The molecule has 0 saturated carbocycles. The van der Waals surface area contributed by atoms with Crippen molar-refractivity contribution < 1.29 is 80.2 Å². The molecule has 3 unspecified atom stereocenters. The number of phosphoric ester groups is 2. The normalized spacial score (nSPS) is 14.0. The van der Waals surface area contributed by atoms with E-state index < -0.39 is 97.5 Å². The fraction of sp³-hybridized carbons (Fsp3) is 0.953. The van der Waals surface area contributed by atoms with E-state index in [9.17, 15) is 43.2 Å². The number of carbonyl (C=O) groups is 4. The largest absolute Gasteiger partial charge is 0.472 e. The monoisotopic (exact) mass is 1520 g/mol. The van der Waals surface area contributed by atoms with Gasteiger partial charge in [-0.2, -0.15) is 0 Å². The average molecular weight is 1520 g/mol. The predicted octanol–water partition coefficient (Wildman–Crippen LogP) is 25.6. The van der Waals surface area contributed by atoms with Crippen LogP contribution in [0.15, 0.2) is 0 Å². The summed E-state index contributed by atoms with van der Waals surface area (Å²) in [5.74, 6) is 0.980. The second kappa shape index (κ2) is 73.8. The third-order valence-corrected chi connectivity index (χ3v) is 21.7. The highest BCUT2D eigenvalue weighted by Gasteiger charge is 2.30. The van der Waals surface area contributed by atoms with Crippen LogP contribution in [-0.2, 0) is 65.4 Å². The maximum atomic E-state index is 13.1. The number of aliphatic hydroxyl groups excluding tert-OH is 1. The van der Waals surface area contributed by atoms with E-state index in [2.05, 4.69) is 55.4 Å². The van der Waals surface area contributed by atoms with Crippen LogP contribution in [0.4, 0.5) is 0 Å². The van der Waals surface area contributed by atoms with E-state index in [1.54, 1.807) is 0 Å². The molecular weight excluding hydrogens is 1350 g/mol. The van der Waals surface area contributed by atoms with Crippen molar-refractivity contribution in [2.24, 2.45) is 23.7 Å². The Hall–Kier alpha value is -1.94. The zero-order chi connectivity index (χ0) is 76.7. The molecule has 0 aromatic carbocycles. The van der Waals surface area contributed by atoms with Crippen LogP contribution in [0.3, 0.4) is 0 Å². The fourth-order valence-corrected chi connectivity index (χ4v) is 14.7. The Morgan fingerprint density at radius 3 is 0.596 bits per heavy atom. The molecule has 618 valence electrons. The Kier molecular flexibility index (Phi) is 72.5. The van der Waals surface area contributed by atoms with Gasteiger partial charge in [0.15, 0.2) is 12.2 Å². The van der Waals surface area contributed by atoms with E-state index in [4.69, 9.17) is 37.0 Å². The van der Waals surface area contributed by atoms with Gasteiger partial charge in [-0.3, -0.25) is 37.3 Å². The van der Waals surface area contributed by atoms with E-state index in [1.807, 2.05) is 0 Å². The number of ether oxygens (including phenoxy) is 4. The Labute approximate surface area is 638 Å². The number of carbonyl (C=O) groups excluding carboxylic acids is 4. The minimum absolute atomic E-state index is 0.107. The number of hydrogen-bond acceptors (Lipinski definition) is 15. The van der Waals surface area contributed by atoms with Crippen LogP contribution in [0, 0.1) is 23.7 Å². The predicted molar refractivity (Wildman–Crippen MR) is 428 cm³/mol. The number of unbranched alkanes of at least 4 members (excludes halogenated alkanes) is 48. The van der Waals surface area contributed by atoms with Crippen molar-refractivity contribution in [1.29, 1.82) is 0 Å². The summed E-state index contributed by atoms with van der Waals surface area (Å²) in [7, 11) is -9.93. The van der Waals surface area contributed by atoms with Crippen molar-refractivity contribution >= 4 is 39.5 Å². The van der Waals surface area contributed by atoms with E-state index in [0.29, 0.717) is 31.6 Å². The minimum Gasteiger partial charge on any atom is -0.462 e. The quantitative estimate of drug-likeness (QED) is 0.0222. The number of rotatable bonds is 82. The van der Waals surface area contributed by atoms with Crippen LogP contribution < -0.4 is 0 Å². The van der Waals surface area contributed by atoms with Crippen LogP contribution in [0.5, 0.6) is 0 Å². The summed E-state index contributed by atoms with van der Waals surface area (Å²) < 4.78 is 68.8. The van der Waals surface area contributed by atoms with Gasteiger partial charge in [0.1, 0.15) is 19.3 Å². The van der Waals surface area contributed by atoms with E-state index in [0.717, 1.165) is 114 Å². The van der Waals surface area contributed by atoms with Crippen LogP contribution in [0.2, 0.25) is 0 Å². The zero-order valence-corrected chi connectivity index (χ0v) is 70.5. The maximum Gasteiger partial charge on any atom is 0.472 e. The molecule has 3 N–H and O–H groups in total. The summed E-state index contributed by atoms with van der Waals surface area (Å²) in [5, 5.41) is 10.7. The molecule has 0 radical (unpaired) electrons. The van der Waals surface area contributed by atoms with Gasteiger partial charge in [-0.05, 0) is 49.4 Å². The lowest BCUT2D eigenvalue weighted by molar-refractivity contribution is -0.161. The van der Waals surface area contributed by atoms with Crippen molar-refractivity contribution in [3.05, 3.63) is 0 Å². The second-order valence-electron chi connectivity index (χ2n) is 32.5. The number of phosphoric acid groups is 2. The molecule has 0 bridgehead atoms. The second-order valence-corrected chi connectivity index (χ2v) is 35.4. The van der Waals surface area contributed by atoms with Gasteiger partial charge in [0.05, 0.1) is 26.4 Å². The first-order valence-corrected chi connectivity index (χ1v) is 46.7. The summed E-state index contributed by atoms with van der Waals surface area (Å²) in [6.45, 7) is 14.3. The highest BCUT2D eigenvalue weighted by molar-refractivity contribution is 7.47. The van der Waals surface area contributed by atoms with Crippen LogP contribution >= 0.6 is 15.6 Å². The molecule has 17 nitrogen and oxygen atoms in total. The molecule has 0 spiro atoms. The summed E-state index contributed by atoms with van der Waals surface area (Å²) in [4.78, 5) is 73.1. The van der Waals surface area contributed by atoms with Gasteiger partial charge in [0, 0.05) is 25.7 Å². The molecule has 0 aromatic heterocycles. The third-order valence-electron chi connectivity index (χ3n) is 19.8. The molecule has 0 aliphatic heterocycles. The first-order chi connectivity index (χ1) is 50.1. The molecule has 0 aliphatic rings. The van der Waals surface area contributed by atoms with Crippen LogP contribution in [0.25, 0.3) is 0 Å². The van der Waals surface area contributed by atoms with E-state index in [1.165, 1.54) is 238 Å². The van der Waals surface area contributed by atoms with E-state index >= 15 is 0 Å². The van der Waals surface area contributed by atoms with Crippen molar-refractivity contribution in [3.63, 3.8) is 0 Å². The van der Waals surface area contributed by atoms with Gasteiger partial charge in [0.25, 0.3) is 0 Å². The lowest BCUT2D eigenvalue weighted by atomic mass is 10.0. The molecule has 104 heavy (non-hydrogen) atoms. The molecule has 19 heteroatoms. The van der Waals surface area contributed by atoms with Crippen molar-refractivity contribution in [1.82, 2.24) is 0 Å². The Morgan fingerprint density at radius 1 is 0.240 bits per heavy atom. The van der Waals surface area contributed by atoms with Gasteiger partial charge in [-0.15, -0.1) is 0 Å². The maximum absolute atomic E-state index is 13.1. The summed E-state index contributed by atoms with van der Waals surface area (Å²) in [6, 6.07) is 0. The molecule has 0 saturated heterocycles. The number of aliphatic hydroxyl groups is 1. The first kappa shape index (κ1) is 102. The van der Waals surface area contributed by atoms with Crippen molar-refractivity contribution in [3.8, 4) is 0 Å². The smallest absolute Gasteiger partial charge is 0.462 e. The molecule has 0 aliphatic carbocycles. The Bertz CT molecular complexity index is 2020. The van der Waals surface area contributed by atoms with Crippen molar-refractivity contribution in [2.45, 2.75) is 459 Å². The number of hydrogen-bond donors (Lipinski definition) is 3. The molecule has 5 atom stereocenters. The minimum atomic E-state index is -4.96. The topological polar surface area (TPSA) is 237 Å². The van der Waals surface area contributed by atoms with Gasteiger partial charge in [0.2, 0.25) is 0 Å². The first-order valence-electron chi connectivity index (χ1n) is 43.7. The van der Waals surface area contributed by atoms with Crippen LogP contribution in [-0.4, -0.2) is 96.7 Å². The van der Waals surface area contributed by atoms with Crippen LogP contribution in [0.1, 0.15) is 441 Å². The van der Waals surface area contributed by atoms with Gasteiger partial charge in [-0.25, -0.2) is 9.13 Å². The lowest BCUT2D eigenvalue weighted by Gasteiger charge is -2.21. The van der Waals surface area contributed by atoms with Crippen molar-refractivity contribution in [2.75, 3.05) is 39.6 Å². The average Bonchev–Trinajstić information content (AvgIpc) is 0.907. The molecule has 0 heterocycles. The summed E-state index contributed by atoms with van der Waals surface area (Å²) >= 11 is 0. The SMILES string of the molecule is CC(C)CCCCCCCCCCCCCCCCCCCCC(=O)O[C@H](COC(=O)CCCCCCCCCCCCCCC(C)C)COP(=O)(O)OCC(O)COP(=O)(O)OC[C@@H](COC(=O)CCCCCCCCC(C)C)OC(=O)CCCCCCCCCCCCCCCCCCC(C)C. The fourth-order valence-electron chi connectivity index (χ4n) is 13.1.